The maximum atomic E-state index is 14.5. The number of carbonyl (C=O) groups excluding carboxylic acids is 3. The Morgan fingerprint density at radius 3 is 2.12 bits per heavy atom. The van der Waals surface area contributed by atoms with Gasteiger partial charge < -0.3 is 23.7 Å². The van der Waals surface area contributed by atoms with Crippen LogP contribution in [0.15, 0.2) is 58.7 Å². The van der Waals surface area contributed by atoms with Crippen molar-refractivity contribution in [3.05, 3.63) is 64.9 Å². The zero-order chi connectivity index (χ0) is 29.0. The van der Waals surface area contributed by atoms with Gasteiger partial charge in [0, 0.05) is 34.9 Å². The standard InChI is InChI=1S/C31H35NO8/c1-7-39-30(34)25-17(3)32-23-16-22(18-9-11-19(36-4)12-10-18)27(31(35)40-8-2)29(33)28(23)26(25)21-14-13-20(37-5)15-24(21)38-6/h9-15,22,26-28H,7-8,16H2,1-6H3/t22-,26-,27-,28?/m1/s1. The summed E-state index contributed by atoms with van der Waals surface area (Å²) in [7, 11) is 4.63. The van der Waals surface area contributed by atoms with Gasteiger partial charge >= 0.3 is 11.9 Å². The van der Waals surface area contributed by atoms with E-state index in [4.69, 9.17) is 28.7 Å². The molecule has 0 bridgehead atoms. The van der Waals surface area contributed by atoms with Crippen LogP contribution in [0.3, 0.4) is 0 Å². The lowest BCUT2D eigenvalue weighted by Gasteiger charge is -2.41. The average Bonchev–Trinajstić information content (AvgIpc) is 2.96. The summed E-state index contributed by atoms with van der Waals surface area (Å²) in [5.41, 5.74) is 2.72. The summed E-state index contributed by atoms with van der Waals surface area (Å²) < 4.78 is 27.2. The van der Waals surface area contributed by atoms with E-state index < -0.39 is 35.6 Å². The highest BCUT2D eigenvalue weighted by Crippen LogP contribution is 2.50. The Hall–Kier alpha value is -4.14. The van der Waals surface area contributed by atoms with Gasteiger partial charge in [0.1, 0.15) is 23.2 Å². The molecule has 9 nitrogen and oxygen atoms in total. The zero-order valence-corrected chi connectivity index (χ0v) is 23.7. The average molecular weight is 550 g/mol. The number of aliphatic imine (C=N–C) groups is 1. The third kappa shape index (κ3) is 5.33. The molecule has 2 aliphatic rings. The Morgan fingerprint density at radius 2 is 1.52 bits per heavy atom. The van der Waals surface area contributed by atoms with Crippen molar-refractivity contribution in [1.82, 2.24) is 0 Å². The van der Waals surface area contributed by atoms with Crippen LogP contribution in [-0.2, 0) is 23.9 Å². The molecule has 1 unspecified atom stereocenters. The van der Waals surface area contributed by atoms with Gasteiger partial charge in [-0.2, -0.15) is 0 Å². The Morgan fingerprint density at radius 1 is 0.875 bits per heavy atom. The number of hydrogen-bond donors (Lipinski definition) is 0. The van der Waals surface area contributed by atoms with E-state index in [1.165, 1.54) is 7.11 Å². The van der Waals surface area contributed by atoms with Crippen LogP contribution < -0.4 is 14.2 Å². The van der Waals surface area contributed by atoms with Crippen molar-refractivity contribution < 1.29 is 38.1 Å². The third-order valence-electron chi connectivity index (χ3n) is 7.50. The number of esters is 2. The largest absolute Gasteiger partial charge is 0.497 e. The van der Waals surface area contributed by atoms with Crippen LogP contribution in [0.25, 0.3) is 0 Å². The minimum atomic E-state index is -1.09. The molecule has 0 aromatic heterocycles. The molecule has 1 saturated carbocycles. The fourth-order valence-electron chi connectivity index (χ4n) is 5.73. The Balaban J connectivity index is 1.91. The van der Waals surface area contributed by atoms with Crippen LogP contribution in [0, 0.1) is 11.8 Å². The second-order valence-corrected chi connectivity index (χ2v) is 9.60. The van der Waals surface area contributed by atoms with E-state index in [2.05, 4.69) is 0 Å². The Labute approximate surface area is 234 Å². The molecule has 2 aromatic carbocycles. The van der Waals surface area contributed by atoms with E-state index in [1.54, 1.807) is 65.3 Å². The van der Waals surface area contributed by atoms with E-state index in [9.17, 15) is 14.4 Å². The zero-order valence-electron chi connectivity index (χ0n) is 23.7. The first kappa shape index (κ1) is 28.9. The molecule has 0 N–H and O–H groups in total. The molecule has 40 heavy (non-hydrogen) atoms. The van der Waals surface area contributed by atoms with Crippen LogP contribution >= 0.6 is 0 Å². The highest BCUT2D eigenvalue weighted by atomic mass is 16.5. The first-order valence-electron chi connectivity index (χ1n) is 13.3. The summed E-state index contributed by atoms with van der Waals surface area (Å²) in [5, 5.41) is 0. The van der Waals surface area contributed by atoms with Gasteiger partial charge in [-0.15, -0.1) is 0 Å². The lowest BCUT2D eigenvalue weighted by atomic mass is 9.62. The van der Waals surface area contributed by atoms with Crippen LogP contribution in [0.1, 0.15) is 50.2 Å². The topological polar surface area (TPSA) is 110 Å². The van der Waals surface area contributed by atoms with Crippen molar-refractivity contribution in [3.63, 3.8) is 0 Å². The summed E-state index contributed by atoms with van der Waals surface area (Å²) in [4.78, 5) is 46.0. The molecular formula is C31H35NO8. The molecule has 1 aliphatic carbocycles. The molecule has 212 valence electrons. The van der Waals surface area contributed by atoms with Gasteiger partial charge in [-0.3, -0.25) is 14.6 Å². The van der Waals surface area contributed by atoms with Crippen LogP contribution in [0.2, 0.25) is 0 Å². The van der Waals surface area contributed by atoms with Gasteiger partial charge in [0.2, 0.25) is 0 Å². The second-order valence-electron chi connectivity index (χ2n) is 9.60. The molecule has 4 rings (SSSR count). The van der Waals surface area contributed by atoms with E-state index in [1.807, 2.05) is 12.1 Å². The van der Waals surface area contributed by atoms with Gasteiger partial charge in [0.05, 0.1) is 46.0 Å². The summed E-state index contributed by atoms with van der Waals surface area (Å²) in [6, 6.07) is 12.5. The molecule has 2 aromatic rings. The number of allylic oxidation sites excluding steroid dienone is 1. The lowest BCUT2D eigenvalue weighted by Crippen LogP contribution is -2.48. The third-order valence-corrected chi connectivity index (χ3v) is 7.50. The number of nitrogens with zero attached hydrogens (tertiary/aromatic N) is 1. The number of carbonyl (C=O) groups is 3. The molecule has 0 spiro atoms. The number of ketones is 1. The minimum Gasteiger partial charge on any atom is -0.497 e. The summed E-state index contributed by atoms with van der Waals surface area (Å²) in [6.07, 6.45) is 0.328. The predicted molar refractivity (Wildman–Crippen MR) is 148 cm³/mol. The number of rotatable bonds is 9. The molecule has 4 atom stereocenters. The van der Waals surface area contributed by atoms with Gasteiger partial charge in [-0.25, -0.2) is 4.79 Å². The van der Waals surface area contributed by atoms with E-state index in [0.717, 1.165) is 5.56 Å². The van der Waals surface area contributed by atoms with Gasteiger partial charge in [0.15, 0.2) is 5.78 Å². The highest BCUT2D eigenvalue weighted by molar-refractivity contribution is 6.18. The molecule has 0 amide bonds. The number of ether oxygens (including phenoxy) is 5. The number of benzene rings is 2. The molecule has 0 saturated heterocycles. The molecule has 1 aliphatic heterocycles. The highest BCUT2D eigenvalue weighted by Gasteiger charge is 2.53. The van der Waals surface area contributed by atoms with E-state index in [0.29, 0.717) is 40.6 Å². The summed E-state index contributed by atoms with van der Waals surface area (Å²) in [6.45, 7) is 5.45. The van der Waals surface area contributed by atoms with Crippen molar-refractivity contribution in [2.24, 2.45) is 16.8 Å². The number of fused-ring (bicyclic) bond motifs is 1. The number of methoxy groups -OCH3 is 3. The molecule has 9 heteroatoms. The first-order chi connectivity index (χ1) is 19.3. The first-order valence-corrected chi connectivity index (χ1v) is 13.3. The van der Waals surface area contributed by atoms with E-state index in [-0.39, 0.29) is 24.6 Å². The van der Waals surface area contributed by atoms with E-state index >= 15 is 0 Å². The summed E-state index contributed by atoms with van der Waals surface area (Å²) in [5.74, 6) is -3.13. The minimum absolute atomic E-state index is 0.131. The van der Waals surface area contributed by atoms with Crippen LogP contribution in [0.5, 0.6) is 17.2 Å². The molecular weight excluding hydrogens is 514 g/mol. The normalized spacial score (nSPS) is 22.1. The van der Waals surface area contributed by atoms with Gasteiger partial charge in [-0.05, 0) is 51.0 Å². The molecule has 0 radical (unpaired) electrons. The van der Waals surface area contributed by atoms with Crippen molar-refractivity contribution in [2.75, 3.05) is 34.5 Å². The van der Waals surface area contributed by atoms with Crippen molar-refractivity contribution in [2.45, 2.75) is 39.0 Å². The fourth-order valence-corrected chi connectivity index (χ4v) is 5.73. The SMILES string of the molecule is CCOC(=O)C1=C(C)N=C2C[C@H](c3ccc(OC)cc3)[C@@H](C(=O)OCC)C(=O)C2[C@@H]1c1ccc(OC)cc1OC. The number of hydrogen-bond acceptors (Lipinski definition) is 9. The Bertz CT molecular complexity index is 1340. The van der Waals surface area contributed by atoms with Crippen LogP contribution in [-0.4, -0.2) is 58.0 Å². The molecule has 1 fully saturated rings. The molecule has 1 heterocycles. The predicted octanol–water partition coefficient (Wildman–Crippen LogP) is 4.64. The fraction of sp³-hybridized carbons (Fsp3) is 0.419. The number of Topliss-reactive ketones (excluding diaryl/α,β-unsaturated/α-hetero) is 1. The van der Waals surface area contributed by atoms with Crippen molar-refractivity contribution in [3.8, 4) is 17.2 Å². The monoisotopic (exact) mass is 549 g/mol. The lowest BCUT2D eigenvalue weighted by molar-refractivity contribution is -0.153. The van der Waals surface area contributed by atoms with Crippen molar-refractivity contribution >= 4 is 23.4 Å². The van der Waals surface area contributed by atoms with Crippen molar-refractivity contribution in [1.29, 1.82) is 0 Å². The van der Waals surface area contributed by atoms with Gasteiger partial charge in [0.25, 0.3) is 0 Å². The van der Waals surface area contributed by atoms with Crippen LogP contribution in [0.4, 0.5) is 0 Å². The summed E-state index contributed by atoms with van der Waals surface area (Å²) >= 11 is 0. The Kier molecular flexibility index (Phi) is 8.92. The maximum absolute atomic E-state index is 14.5. The maximum Gasteiger partial charge on any atom is 0.336 e. The second kappa shape index (κ2) is 12.4. The smallest absolute Gasteiger partial charge is 0.336 e. The quantitative estimate of drug-likeness (QED) is 0.329. The van der Waals surface area contributed by atoms with Gasteiger partial charge in [-0.1, -0.05) is 18.2 Å².